The third-order valence-corrected chi connectivity index (χ3v) is 4.54. The van der Waals surface area contributed by atoms with Crippen LogP contribution in [-0.4, -0.2) is 32.7 Å². The van der Waals surface area contributed by atoms with Crippen LogP contribution in [0.15, 0.2) is 18.2 Å². The van der Waals surface area contributed by atoms with Gasteiger partial charge < -0.3 is 10.6 Å². The minimum atomic E-state index is 0.354. The highest BCUT2D eigenvalue weighted by atomic mass is 15.4. The number of rotatable bonds is 1. The van der Waals surface area contributed by atoms with E-state index in [9.17, 15) is 0 Å². The van der Waals surface area contributed by atoms with Crippen molar-refractivity contribution in [1.82, 2.24) is 14.6 Å². The maximum atomic E-state index is 6.12. The highest BCUT2D eigenvalue weighted by Crippen LogP contribution is 2.37. The van der Waals surface area contributed by atoms with Crippen LogP contribution in [0.25, 0.3) is 5.65 Å². The molecule has 2 aliphatic heterocycles. The van der Waals surface area contributed by atoms with Crippen molar-refractivity contribution in [2.75, 3.05) is 4.90 Å². The van der Waals surface area contributed by atoms with Crippen molar-refractivity contribution in [2.24, 2.45) is 5.73 Å². The number of nitrogens with two attached hydrogens (primary N) is 1. The summed E-state index contributed by atoms with van der Waals surface area (Å²) in [5.41, 5.74) is 8.18. The fourth-order valence-corrected chi connectivity index (χ4v) is 3.68. The number of aromatic nitrogens is 3. The van der Waals surface area contributed by atoms with Gasteiger partial charge in [0.05, 0.1) is 0 Å². The van der Waals surface area contributed by atoms with Gasteiger partial charge in [0.2, 0.25) is 5.95 Å². The van der Waals surface area contributed by atoms with E-state index in [0.29, 0.717) is 18.1 Å². The molecule has 2 bridgehead atoms. The quantitative estimate of drug-likeness (QED) is 0.841. The number of aryl methyl sites for hydroxylation is 1. The van der Waals surface area contributed by atoms with Crippen molar-refractivity contribution < 1.29 is 0 Å². The molecule has 5 heteroatoms. The monoisotopic (exact) mass is 257 g/mol. The average Bonchev–Trinajstić information content (AvgIpc) is 2.90. The van der Waals surface area contributed by atoms with Gasteiger partial charge in [-0.25, -0.2) is 4.52 Å². The van der Waals surface area contributed by atoms with E-state index in [1.807, 2.05) is 16.6 Å². The highest BCUT2D eigenvalue weighted by Gasteiger charge is 2.41. The van der Waals surface area contributed by atoms with Crippen LogP contribution >= 0.6 is 0 Å². The SMILES string of the molecule is Cc1cccc2nc(N3C4CCC3CC(N)C4)nn12. The van der Waals surface area contributed by atoms with Gasteiger partial charge in [-0.1, -0.05) is 6.07 Å². The molecular weight excluding hydrogens is 238 g/mol. The van der Waals surface area contributed by atoms with Gasteiger partial charge in [0.15, 0.2) is 5.65 Å². The second-order valence-corrected chi connectivity index (χ2v) is 5.87. The van der Waals surface area contributed by atoms with Gasteiger partial charge in [-0.05, 0) is 44.7 Å². The molecule has 0 radical (unpaired) electrons. The van der Waals surface area contributed by atoms with Gasteiger partial charge >= 0.3 is 0 Å². The Morgan fingerprint density at radius 1 is 1.21 bits per heavy atom. The van der Waals surface area contributed by atoms with E-state index in [1.54, 1.807) is 0 Å². The average molecular weight is 257 g/mol. The van der Waals surface area contributed by atoms with E-state index in [-0.39, 0.29) is 0 Å². The molecule has 2 unspecified atom stereocenters. The summed E-state index contributed by atoms with van der Waals surface area (Å²) in [5, 5.41) is 4.69. The summed E-state index contributed by atoms with van der Waals surface area (Å²) in [7, 11) is 0. The van der Waals surface area contributed by atoms with Crippen molar-refractivity contribution in [2.45, 2.75) is 50.7 Å². The maximum absolute atomic E-state index is 6.12. The molecule has 5 nitrogen and oxygen atoms in total. The minimum Gasteiger partial charge on any atom is -0.333 e. The van der Waals surface area contributed by atoms with Crippen LogP contribution in [0.5, 0.6) is 0 Å². The minimum absolute atomic E-state index is 0.354. The Morgan fingerprint density at radius 2 is 1.95 bits per heavy atom. The van der Waals surface area contributed by atoms with Crippen molar-refractivity contribution in [3.63, 3.8) is 0 Å². The van der Waals surface area contributed by atoms with E-state index in [0.717, 1.165) is 30.1 Å². The first-order valence-electron chi connectivity index (χ1n) is 7.08. The molecule has 2 aromatic heterocycles. The standard InChI is InChI=1S/C14H19N5/c1-9-3-2-4-13-16-14(17-19(9)13)18-11-5-6-12(18)8-10(15)7-11/h2-4,10-12H,5-8,15H2,1H3. The zero-order valence-corrected chi connectivity index (χ0v) is 11.2. The van der Waals surface area contributed by atoms with Crippen LogP contribution in [0.2, 0.25) is 0 Å². The summed E-state index contributed by atoms with van der Waals surface area (Å²) in [6.45, 7) is 2.06. The summed E-state index contributed by atoms with van der Waals surface area (Å²) in [5.74, 6) is 0.883. The van der Waals surface area contributed by atoms with Crippen molar-refractivity contribution in [3.05, 3.63) is 23.9 Å². The predicted molar refractivity (Wildman–Crippen MR) is 74.2 cm³/mol. The maximum Gasteiger partial charge on any atom is 0.246 e. The van der Waals surface area contributed by atoms with Gasteiger partial charge in [-0.2, -0.15) is 4.98 Å². The van der Waals surface area contributed by atoms with Crippen LogP contribution in [0.4, 0.5) is 5.95 Å². The molecule has 2 aromatic rings. The Hall–Kier alpha value is -1.62. The highest BCUT2D eigenvalue weighted by molar-refractivity contribution is 5.48. The zero-order chi connectivity index (χ0) is 13.0. The molecule has 2 aliphatic rings. The van der Waals surface area contributed by atoms with Crippen LogP contribution in [0, 0.1) is 6.92 Å². The molecule has 0 aliphatic carbocycles. The molecule has 4 heterocycles. The number of anilines is 1. The first-order valence-corrected chi connectivity index (χ1v) is 7.08. The van der Waals surface area contributed by atoms with E-state index >= 15 is 0 Å². The van der Waals surface area contributed by atoms with Gasteiger partial charge in [-0.3, -0.25) is 0 Å². The van der Waals surface area contributed by atoms with Crippen LogP contribution in [-0.2, 0) is 0 Å². The molecule has 2 N–H and O–H groups in total. The van der Waals surface area contributed by atoms with Gasteiger partial charge in [0.25, 0.3) is 0 Å². The lowest BCUT2D eigenvalue weighted by Gasteiger charge is -2.36. The Morgan fingerprint density at radius 3 is 2.63 bits per heavy atom. The molecule has 2 saturated heterocycles. The van der Waals surface area contributed by atoms with Crippen molar-refractivity contribution in [3.8, 4) is 0 Å². The molecule has 0 saturated carbocycles. The lowest BCUT2D eigenvalue weighted by Crippen LogP contribution is -2.48. The van der Waals surface area contributed by atoms with E-state index in [2.05, 4.69) is 17.9 Å². The van der Waals surface area contributed by atoms with Crippen LogP contribution in [0.3, 0.4) is 0 Å². The number of hydrogen-bond donors (Lipinski definition) is 1. The number of nitrogens with zero attached hydrogens (tertiary/aromatic N) is 4. The molecule has 0 aromatic carbocycles. The van der Waals surface area contributed by atoms with Crippen LogP contribution in [0.1, 0.15) is 31.4 Å². The fraction of sp³-hybridized carbons (Fsp3) is 0.571. The molecule has 100 valence electrons. The first kappa shape index (κ1) is 11.2. The molecule has 0 spiro atoms. The van der Waals surface area contributed by atoms with E-state index < -0.39 is 0 Å². The summed E-state index contributed by atoms with van der Waals surface area (Å²) in [6, 6.07) is 7.53. The second-order valence-electron chi connectivity index (χ2n) is 5.87. The number of hydrogen-bond acceptors (Lipinski definition) is 4. The smallest absolute Gasteiger partial charge is 0.246 e. The summed E-state index contributed by atoms with van der Waals surface area (Å²) >= 11 is 0. The van der Waals surface area contributed by atoms with E-state index in [1.165, 1.54) is 12.8 Å². The molecule has 2 fully saturated rings. The van der Waals surface area contributed by atoms with Gasteiger partial charge in [-0.15, -0.1) is 5.10 Å². The van der Waals surface area contributed by atoms with Crippen molar-refractivity contribution in [1.29, 1.82) is 0 Å². The molecule has 0 amide bonds. The number of piperidine rings is 1. The first-order chi connectivity index (χ1) is 9.22. The summed E-state index contributed by atoms with van der Waals surface area (Å²) in [4.78, 5) is 7.11. The number of fused-ring (bicyclic) bond motifs is 3. The van der Waals surface area contributed by atoms with E-state index in [4.69, 9.17) is 15.8 Å². The lowest BCUT2D eigenvalue weighted by molar-refractivity contribution is 0.409. The Kier molecular flexibility index (Phi) is 2.33. The molecule has 4 rings (SSSR count). The van der Waals surface area contributed by atoms with Gasteiger partial charge in [0.1, 0.15) is 0 Å². The lowest BCUT2D eigenvalue weighted by atomic mass is 9.99. The Bertz CT molecular complexity index is 605. The summed E-state index contributed by atoms with van der Waals surface area (Å²) < 4.78 is 1.93. The second kappa shape index (κ2) is 3.93. The van der Waals surface area contributed by atoms with Gasteiger partial charge in [0, 0.05) is 23.8 Å². The third-order valence-electron chi connectivity index (χ3n) is 4.54. The summed E-state index contributed by atoms with van der Waals surface area (Å²) in [6.07, 6.45) is 4.61. The molecular formula is C14H19N5. The fourth-order valence-electron chi connectivity index (χ4n) is 3.68. The van der Waals surface area contributed by atoms with Crippen LogP contribution < -0.4 is 10.6 Å². The van der Waals surface area contributed by atoms with Crippen molar-refractivity contribution >= 4 is 11.6 Å². The number of pyridine rings is 1. The topological polar surface area (TPSA) is 59.5 Å². The molecule has 2 atom stereocenters. The normalized spacial score (nSPS) is 30.2. The predicted octanol–water partition coefficient (Wildman–Crippen LogP) is 1.50. The largest absolute Gasteiger partial charge is 0.333 e. The Balaban J connectivity index is 1.77. The molecule has 19 heavy (non-hydrogen) atoms. The Labute approximate surface area is 112 Å². The third kappa shape index (κ3) is 1.64. The zero-order valence-electron chi connectivity index (χ0n) is 11.2.